The van der Waals surface area contributed by atoms with Crippen molar-refractivity contribution in [2.75, 3.05) is 0 Å². The molecular weight excluding hydrogens is 146 g/mol. The number of hydrogen-bond donors (Lipinski definition) is 0. The van der Waals surface area contributed by atoms with Gasteiger partial charge >= 0.3 is 0 Å². The molecule has 0 N–H and O–H groups in total. The van der Waals surface area contributed by atoms with E-state index in [9.17, 15) is 0 Å². The molecule has 1 aliphatic carbocycles. The number of rotatable bonds is 0. The van der Waals surface area contributed by atoms with Crippen LogP contribution in [0, 0.1) is 23.2 Å². The van der Waals surface area contributed by atoms with Crippen molar-refractivity contribution in [2.45, 2.75) is 31.6 Å². The molecule has 1 aliphatic rings. The molecule has 0 aromatic heterocycles. The highest BCUT2D eigenvalue weighted by molar-refractivity contribution is 6.21. The Morgan fingerprint density at radius 3 is 2.70 bits per heavy atom. The van der Waals surface area contributed by atoms with Crippen LogP contribution in [0.5, 0.6) is 0 Å². The number of nitrogens with zero attached hydrogens (tertiary/aromatic N) is 1. The molecule has 0 heterocycles. The minimum atomic E-state index is 0.105. The normalized spacial score (nSPS) is 40.7. The standard InChI is InChI=1S/C8H12ClN/c1-6-2-3-7(5-10)8(9)4-6/h6-8H,2-4H2,1H3/t6-,7?,8?/m1/s1. The minimum absolute atomic E-state index is 0.105. The van der Waals surface area contributed by atoms with Crippen molar-refractivity contribution in [2.24, 2.45) is 11.8 Å². The summed E-state index contributed by atoms with van der Waals surface area (Å²) < 4.78 is 0. The van der Waals surface area contributed by atoms with E-state index in [1.165, 1.54) is 6.42 Å². The van der Waals surface area contributed by atoms with Gasteiger partial charge in [-0.15, -0.1) is 11.6 Å². The molecule has 10 heavy (non-hydrogen) atoms. The number of alkyl halides is 1. The van der Waals surface area contributed by atoms with Crippen molar-refractivity contribution in [3.63, 3.8) is 0 Å². The van der Waals surface area contributed by atoms with Gasteiger partial charge in [0.15, 0.2) is 0 Å². The molecule has 2 unspecified atom stereocenters. The van der Waals surface area contributed by atoms with Gasteiger partial charge in [-0.2, -0.15) is 5.26 Å². The second-order valence-electron chi connectivity index (χ2n) is 3.17. The van der Waals surface area contributed by atoms with Crippen LogP contribution in [-0.4, -0.2) is 5.38 Å². The molecule has 1 saturated carbocycles. The molecule has 56 valence electrons. The summed E-state index contributed by atoms with van der Waals surface area (Å²) in [6, 6.07) is 2.24. The van der Waals surface area contributed by atoms with Gasteiger partial charge in [-0.25, -0.2) is 0 Å². The zero-order chi connectivity index (χ0) is 7.56. The lowest BCUT2D eigenvalue weighted by molar-refractivity contribution is 0.342. The first-order chi connectivity index (χ1) is 4.74. The smallest absolute Gasteiger partial charge is 0.0671 e. The Balaban J connectivity index is 2.45. The average molecular weight is 158 g/mol. The van der Waals surface area contributed by atoms with E-state index in [0.717, 1.165) is 12.8 Å². The molecule has 0 bridgehead atoms. The number of hydrogen-bond acceptors (Lipinski definition) is 1. The van der Waals surface area contributed by atoms with Gasteiger partial charge in [-0.05, 0) is 25.2 Å². The van der Waals surface area contributed by atoms with Crippen molar-refractivity contribution in [3.05, 3.63) is 0 Å². The molecule has 2 heteroatoms. The van der Waals surface area contributed by atoms with E-state index in [-0.39, 0.29) is 11.3 Å². The Labute approximate surface area is 67.0 Å². The molecule has 0 aromatic rings. The van der Waals surface area contributed by atoms with Crippen molar-refractivity contribution < 1.29 is 0 Å². The van der Waals surface area contributed by atoms with Gasteiger partial charge in [0.2, 0.25) is 0 Å². The minimum Gasteiger partial charge on any atom is -0.198 e. The van der Waals surface area contributed by atoms with Crippen LogP contribution in [0.3, 0.4) is 0 Å². The molecule has 1 fully saturated rings. The third-order valence-corrected chi connectivity index (χ3v) is 2.68. The Hall–Kier alpha value is -0.220. The maximum Gasteiger partial charge on any atom is 0.0671 e. The zero-order valence-corrected chi connectivity index (χ0v) is 6.93. The summed E-state index contributed by atoms with van der Waals surface area (Å²) in [6.07, 6.45) is 3.17. The topological polar surface area (TPSA) is 23.8 Å². The Morgan fingerprint density at radius 1 is 1.50 bits per heavy atom. The molecule has 3 atom stereocenters. The molecule has 0 aromatic carbocycles. The number of nitriles is 1. The van der Waals surface area contributed by atoms with Gasteiger partial charge in [0, 0.05) is 5.38 Å². The fourth-order valence-electron chi connectivity index (χ4n) is 1.46. The highest BCUT2D eigenvalue weighted by Crippen LogP contribution is 2.31. The summed E-state index contributed by atoms with van der Waals surface area (Å²) >= 11 is 5.96. The predicted octanol–water partition coefficient (Wildman–Crippen LogP) is 2.55. The van der Waals surface area contributed by atoms with Gasteiger partial charge in [0.25, 0.3) is 0 Å². The second kappa shape index (κ2) is 3.25. The van der Waals surface area contributed by atoms with Crippen LogP contribution in [0.2, 0.25) is 0 Å². The van der Waals surface area contributed by atoms with E-state index in [1.54, 1.807) is 0 Å². The van der Waals surface area contributed by atoms with Gasteiger partial charge < -0.3 is 0 Å². The van der Waals surface area contributed by atoms with Gasteiger partial charge in [0.05, 0.1) is 12.0 Å². The van der Waals surface area contributed by atoms with Gasteiger partial charge in [-0.3, -0.25) is 0 Å². The molecule has 0 amide bonds. The van der Waals surface area contributed by atoms with Crippen LogP contribution >= 0.6 is 11.6 Å². The largest absolute Gasteiger partial charge is 0.198 e. The third kappa shape index (κ3) is 1.64. The Kier molecular flexibility index (Phi) is 2.56. The van der Waals surface area contributed by atoms with E-state index in [1.807, 2.05) is 0 Å². The van der Waals surface area contributed by atoms with Gasteiger partial charge in [0.1, 0.15) is 0 Å². The van der Waals surface area contributed by atoms with Crippen molar-refractivity contribution in [1.82, 2.24) is 0 Å². The third-order valence-electron chi connectivity index (χ3n) is 2.20. The average Bonchev–Trinajstić information content (AvgIpc) is 1.88. The maximum absolute atomic E-state index is 8.61. The molecule has 0 spiro atoms. The molecular formula is C8H12ClN. The summed E-state index contributed by atoms with van der Waals surface area (Å²) in [5.74, 6) is 0.824. The predicted molar refractivity (Wildman–Crippen MR) is 41.8 cm³/mol. The van der Waals surface area contributed by atoms with E-state index >= 15 is 0 Å². The van der Waals surface area contributed by atoms with E-state index in [2.05, 4.69) is 13.0 Å². The van der Waals surface area contributed by atoms with E-state index in [0.29, 0.717) is 5.92 Å². The summed E-state index contributed by atoms with van der Waals surface area (Å²) in [5, 5.41) is 8.72. The summed E-state index contributed by atoms with van der Waals surface area (Å²) in [6.45, 7) is 2.20. The van der Waals surface area contributed by atoms with Crippen LogP contribution in [0.15, 0.2) is 0 Å². The summed E-state index contributed by atoms with van der Waals surface area (Å²) in [7, 11) is 0. The molecule has 0 radical (unpaired) electrons. The van der Waals surface area contributed by atoms with E-state index in [4.69, 9.17) is 16.9 Å². The molecule has 1 rings (SSSR count). The Bertz CT molecular complexity index is 150. The van der Waals surface area contributed by atoms with E-state index < -0.39 is 0 Å². The summed E-state index contributed by atoms with van der Waals surface area (Å²) in [4.78, 5) is 0. The lowest BCUT2D eigenvalue weighted by Crippen LogP contribution is -2.22. The summed E-state index contributed by atoms with van der Waals surface area (Å²) in [5.41, 5.74) is 0. The quantitative estimate of drug-likeness (QED) is 0.496. The highest BCUT2D eigenvalue weighted by atomic mass is 35.5. The van der Waals surface area contributed by atoms with Crippen molar-refractivity contribution in [1.29, 1.82) is 5.26 Å². The Morgan fingerprint density at radius 2 is 2.20 bits per heavy atom. The first-order valence-corrected chi connectivity index (χ1v) is 4.21. The lowest BCUT2D eigenvalue weighted by atomic mass is 9.83. The molecule has 0 aliphatic heterocycles. The first kappa shape index (κ1) is 7.88. The van der Waals surface area contributed by atoms with Crippen LogP contribution in [0.25, 0.3) is 0 Å². The fourth-order valence-corrected chi connectivity index (χ4v) is 1.94. The molecule has 0 saturated heterocycles. The first-order valence-electron chi connectivity index (χ1n) is 3.77. The van der Waals surface area contributed by atoms with Crippen LogP contribution in [-0.2, 0) is 0 Å². The maximum atomic E-state index is 8.61. The van der Waals surface area contributed by atoms with Crippen molar-refractivity contribution in [3.8, 4) is 6.07 Å². The molecule has 1 nitrogen and oxygen atoms in total. The number of halogens is 1. The van der Waals surface area contributed by atoms with Crippen molar-refractivity contribution >= 4 is 11.6 Å². The monoisotopic (exact) mass is 157 g/mol. The fraction of sp³-hybridized carbons (Fsp3) is 0.875. The van der Waals surface area contributed by atoms with Crippen LogP contribution < -0.4 is 0 Å². The zero-order valence-electron chi connectivity index (χ0n) is 6.18. The van der Waals surface area contributed by atoms with Crippen LogP contribution in [0.4, 0.5) is 0 Å². The second-order valence-corrected chi connectivity index (χ2v) is 3.73. The SMILES string of the molecule is C[C@@H]1CCC(C#N)C(Cl)C1. The van der Waals surface area contributed by atoms with Gasteiger partial charge in [-0.1, -0.05) is 6.92 Å². The van der Waals surface area contributed by atoms with Crippen LogP contribution in [0.1, 0.15) is 26.2 Å². The highest BCUT2D eigenvalue weighted by Gasteiger charge is 2.26. The lowest BCUT2D eigenvalue weighted by Gasteiger charge is -2.25.